The number of benzene rings is 2. The molecule has 1 fully saturated rings. The van der Waals surface area contributed by atoms with E-state index >= 15 is 0 Å². The summed E-state index contributed by atoms with van der Waals surface area (Å²) in [4.78, 5) is 14.1. The van der Waals surface area contributed by atoms with Crippen LogP contribution in [0.4, 0.5) is 5.69 Å². The number of hydrogen-bond donors (Lipinski definition) is 1. The highest BCUT2D eigenvalue weighted by Gasteiger charge is 2.54. The maximum atomic E-state index is 14.1. The van der Waals surface area contributed by atoms with Crippen LogP contribution < -0.4 is 15.6 Å². The van der Waals surface area contributed by atoms with Crippen LogP contribution in [0, 0.1) is 19.8 Å². The Labute approximate surface area is 211 Å². The second-order valence-electron chi connectivity index (χ2n) is 10.1. The lowest BCUT2D eigenvalue weighted by molar-refractivity contribution is -0.193. The number of unbranched alkanes of at least 4 members (excludes halogenated alkanes) is 1. The number of carbonyl (C=O) groups is 1. The van der Waals surface area contributed by atoms with E-state index < -0.39 is 11.1 Å². The van der Waals surface area contributed by atoms with E-state index in [0.29, 0.717) is 19.8 Å². The second kappa shape index (κ2) is 10.4. The van der Waals surface area contributed by atoms with Crippen LogP contribution >= 0.6 is 9.24 Å². The Hall–Kier alpha value is -2.27. The lowest BCUT2D eigenvalue weighted by atomic mass is 9.76. The molecule has 3 unspecified atom stereocenters. The topological polar surface area (TPSA) is 63.2 Å². The van der Waals surface area contributed by atoms with Crippen LogP contribution in [-0.2, 0) is 14.3 Å². The number of anilines is 1. The molecule has 2 aromatic rings. The van der Waals surface area contributed by atoms with Crippen molar-refractivity contribution in [2.24, 2.45) is 11.0 Å². The average molecular weight is 496 g/mol. The molecule has 1 N–H and O–H groups in total. The zero-order chi connectivity index (χ0) is 25.2. The van der Waals surface area contributed by atoms with Crippen molar-refractivity contribution < 1.29 is 14.3 Å². The van der Waals surface area contributed by atoms with Crippen molar-refractivity contribution >= 4 is 31.9 Å². The van der Waals surface area contributed by atoms with Gasteiger partial charge < -0.3 is 14.8 Å². The second-order valence-corrected chi connectivity index (χ2v) is 10.8. The van der Waals surface area contributed by atoms with Gasteiger partial charge in [-0.1, -0.05) is 61.7 Å². The van der Waals surface area contributed by atoms with E-state index in [-0.39, 0.29) is 11.8 Å². The predicted octanol–water partition coefficient (Wildman–Crippen LogP) is 4.12. The largest absolute Gasteiger partial charge is 0.375 e. The summed E-state index contributed by atoms with van der Waals surface area (Å²) in [6.07, 6.45) is 2.95. The van der Waals surface area contributed by atoms with Crippen molar-refractivity contribution in [3.63, 3.8) is 0 Å². The van der Waals surface area contributed by atoms with Gasteiger partial charge in [-0.15, -0.1) is 9.24 Å². The fourth-order valence-corrected chi connectivity index (χ4v) is 5.27. The molecule has 0 aromatic heterocycles. The van der Waals surface area contributed by atoms with Crippen LogP contribution in [0.2, 0.25) is 0 Å². The van der Waals surface area contributed by atoms with Gasteiger partial charge in [0, 0.05) is 13.0 Å². The number of amides is 1. The maximum absolute atomic E-state index is 14.1. The lowest BCUT2D eigenvalue weighted by Crippen LogP contribution is -2.63. The van der Waals surface area contributed by atoms with Crippen molar-refractivity contribution in [3.8, 4) is 0 Å². The number of nitrogens with zero attached hydrogens (tertiary/aromatic N) is 2. The minimum Gasteiger partial charge on any atom is -0.375 e. The molecule has 2 aliphatic heterocycles. The van der Waals surface area contributed by atoms with Crippen LogP contribution in [0.25, 0.3) is 0 Å². The van der Waals surface area contributed by atoms with Gasteiger partial charge in [0.05, 0.1) is 31.2 Å². The van der Waals surface area contributed by atoms with Crippen molar-refractivity contribution in [1.82, 2.24) is 5.32 Å². The third-order valence-corrected chi connectivity index (χ3v) is 7.87. The summed E-state index contributed by atoms with van der Waals surface area (Å²) in [7, 11) is 4.41. The first-order valence-electron chi connectivity index (χ1n) is 12.5. The molecule has 6 nitrogen and oxygen atoms in total. The van der Waals surface area contributed by atoms with Gasteiger partial charge in [0.15, 0.2) is 0 Å². The van der Waals surface area contributed by atoms with E-state index in [0.717, 1.165) is 47.1 Å². The summed E-state index contributed by atoms with van der Waals surface area (Å²) in [6, 6.07) is 14.7. The fraction of sp³-hybridized carbons (Fsp3) is 0.500. The van der Waals surface area contributed by atoms with Gasteiger partial charge in [-0.25, -0.2) is 5.01 Å². The number of hydrogen-bond acceptors (Lipinski definition) is 5. The average Bonchev–Trinajstić information content (AvgIpc) is 3.10. The molecule has 0 spiro atoms. The molecule has 1 saturated heterocycles. The molecule has 0 radical (unpaired) electrons. The molecule has 35 heavy (non-hydrogen) atoms. The fourth-order valence-electron chi connectivity index (χ4n) is 5.08. The Kier molecular flexibility index (Phi) is 7.65. The molecule has 7 heteroatoms. The molecule has 2 heterocycles. The number of nitrogens with one attached hydrogen (secondary N) is 1. The first-order valence-corrected chi connectivity index (χ1v) is 13.0. The lowest BCUT2D eigenvalue weighted by Gasteiger charge is -2.42. The van der Waals surface area contributed by atoms with Gasteiger partial charge in [-0.3, -0.25) is 4.79 Å². The van der Waals surface area contributed by atoms with Crippen LogP contribution in [0.3, 0.4) is 0 Å². The van der Waals surface area contributed by atoms with Crippen molar-refractivity contribution in [2.75, 3.05) is 31.9 Å². The normalized spacial score (nSPS) is 23.1. The number of hydrazone groups is 1. The Morgan fingerprint density at radius 1 is 1.23 bits per heavy atom. The monoisotopic (exact) mass is 495 g/mol. The quantitative estimate of drug-likeness (QED) is 0.532. The molecule has 2 aromatic carbocycles. The van der Waals surface area contributed by atoms with Crippen LogP contribution in [-0.4, -0.2) is 49.6 Å². The predicted molar refractivity (Wildman–Crippen MR) is 146 cm³/mol. The highest BCUT2D eigenvalue weighted by atomic mass is 31.0. The Morgan fingerprint density at radius 2 is 1.94 bits per heavy atom. The molecule has 188 valence electrons. The standard InChI is InChI=1S/C28H38N3O3P/c1-6-7-8-23-25(21-10-12-22(35)13-11-21)30-31(24-14-9-19(2)15-20(24)3)27(23,4)26(32)29-16-28(33-5)17-34-18-28/h9-15,23H,6-8,16-18,35H2,1-5H3,(H,29,32). The SMILES string of the molecule is CCCCC1C(c2ccc(P)cc2)=NN(c2ccc(C)cc2C)C1(C)C(=O)NCC1(OC)COC1. The Bertz CT molecular complexity index is 1090. The van der Waals surface area contributed by atoms with Gasteiger partial charge in [-0.05, 0) is 49.7 Å². The Balaban J connectivity index is 1.78. The van der Waals surface area contributed by atoms with E-state index in [4.69, 9.17) is 14.6 Å². The minimum atomic E-state index is -0.885. The molecule has 4 rings (SSSR count). The van der Waals surface area contributed by atoms with Crippen molar-refractivity contribution in [3.05, 3.63) is 59.2 Å². The molecular formula is C28H38N3O3P. The summed E-state index contributed by atoms with van der Waals surface area (Å²) in [5.41, 5.74) is 3.94. The van der Waals surface area contributed by atoms with Crippen LogP contribution in [0.1, 0.15) is 49.8 Å². The smallest absolute Gasteiger partial charge is 0.248 e. The highest BCUT2D eigenvalue weighted by Crippen LogP contribution is 2.43. The molecule has 0 aliphatic carbocycles. The van der Waals surface area contributed by atoms with E-state index in [2.05, 4.69) is 77.8 Å². The van der Waals surface area contributed by atoms with Crippen molar-refractivity contribution in [2.45, 2.75) is 58.1 Å². The molecule has 3 atom stereocenters. The minimum absolute atomic E-state index is 0.0386. The number of ether oxygens (including phenoxy) is 2. The van der Waals surface area contributed by atoms with E-state index in [1.807, 2.05) is 11.9 Å². The van der Waals surface area contributed by atoms with Crippen LogP contribution in [0.5, 0.6) is 0 Å². The summed E-state index contributed by atoms with van der Waals surface area (Å²) in [5, 5.41) is 11.5. The van der Waals surface area contributed by atoms with Gasteiger partial charge in [0.1, 0.15) is 11.1 Å². The van der Waals surface area contributed by atoms with E-state index in [9.17, 15) is 4.79 Å². The van der Waals surface area contributed by atoms with Crippen molar-refractivity contribution in [1.29, 1.82) is 0 Å². The number of aryl methyl sites for hydroxylation is 2. The third-order valence-electron chi connectivity index (χ3n) is 7.48. The van der Waals surface area contributed by atoms with E-state index in [1.165, 1.54) is 5.56 Å². The van der Waals surface area contributed by atoms with Gasteiger partial charge in [0.2, 0.25) is 5.91 Å². The van der Waals surface area contributed by atoms with Gasteiger partial charge >= 0.3 is 0 Å². The summed E-state index contributed by atoms with van der Waals surface area (Å²) >= 11 is 0. The molecule has 1 amide bonds. The molecular weight excluding hydrogens is 457 g/mol. The number of methoxy groups -OCH3 is 1. The number of carbonyl (C=O) groups excluding carboxylic acids is 1. The van der Waals surface area contributed by atoms with Gasteiger partial charge in [-0.2, -0.15) is 5.10 Å². The summed E-state index contributed by atoms with van der Waals surface area (Å²) < 4.78 is 11.1. The maximum Gasteiger partial charge on any atom is 0.248 e. The highest BCUT2D eigenvalue weighted by molar-refractivity contribution is 7.27. The molecule has 2 aliphatic rings. The summed E-state index contributed by atoms with van der Waals surface area (Å²) in [5.74, 6) is -0.0991. The first-order chi connectivity index (χ1) is 16.7. The molecule has 0 bridgehead atoms. The van der Waals surface area contributed by atoms with Gasteiger partial charge in [0.25, 0.3) is 0 Å². The third kappa shape index (κ3) is 4.89. The zero-order valence-corrected chi connectivity index (χ0v) is 22.7. The van der Waals surface area contributed by atoms with E-state index in [1.54, 1.807) is 7.11 Å². The van der Waals surface area contributed by atoms with Crippen LogP contribution in [0.15, 0.2) is 47.6 Å². The molecule has 0 saturated carbocycles. The zero-order valence-electron chi connectivity index (χ0n) is 21.6. The number of rotatable bonds is 9. The Morgan fingerprint density at radius 3 is 2.51 bits per heavy atom. The summed E-state index contributed by atoms with van der Waals surface area (Å²) in [6.45, 7) is 9.79. The first kappa shape index (κ1) is 25.8.